The first-order valence-corrected chi connectivity index (χ1v) is 12.5. The van der Waals surface area contributed by atoms with Gasteiger partial charge in [-0.1, -0.05) is 16.8 Å². The van der Waals surface area contributed by atoms with E-state index in [-0.39, 0.29) is 22.6 Å². The van der Waals surface area contributed by atoms with E-state index in [0.717, 1.165) is 16.0 Å². The number of hydrogen-bond donors (Lipinski definition) is 1. The van der Waals surface area contributed by atoms with Gasteiger partial charge in [0, 0.05) is 16.8 Å². The van der Waals surface area contributed by atoms with Crippen LogP contribution in [-0.2, 0) is 16.4 Å². The molecule has 1 N–H and O–H groups in total. The van der Waals surface area contributed by atoms with Gasteiger partial charge < -0.3 is 14.0 Å². The number of aromatic nitrogens is 2. The number of hydrogen-bond acceptors (Lipinski definition) is 8. The number of pyridine rings is 1. The predicted octanol–water partition coefficient (Wildman–Crippen LogP) is 4.57. The van der Waals surface area contributed by atoms with Crippen LogP contribution in [0.2, 0.25) is 5.02 Å². The highest BCUT2D eigenvalue weighted by Crippen LogP contribution is 2.42. The van der Waals surface area contributed by atoms with Crippen LogP contribution in [0.3, 0.4) is 0 Å². The van der Waals surface area contributed by atoms with Crippen LogP contribution >= 0.6 is 23.4 Å². The van der Waals surface area contributed by atoms with Crippen LogP contribution in [0, 0.1) is 13.8 Å². The minimum Gasteiger partial charge on any atom is -0.454 e. The van der Waals surface area contributed by atoms with Crippen molar-refractivity contribution in [2.24, 2.45) is 0 Å². The van der Waals surface area contributed by atoms with Crippen LogP contribution in [0.5, 0.6) is 11.5 Å². The fraction of sp³-hybridized carbons (Fsp3) is 0.238. The normalized spacial score (nSPS) is 15.1. The molecule has 5 rings (SSSR count). The maximum Gasteiger partial charge on any atom is 0.266 e. The third-order valence-electron chi connectivity index (χ3n) is 5.23. The number of sulfonamides is 1. The molecule has 0 atom stereocenters. The van der Waals surface area contributed by atoms with Crippen molar-refractivity contribution < 1.29 is 22.4 Å². The lowest BCUT2D eigenvalue weighted by Crippen LogP contribution is -2.20. The zero-order chi connectivity index (χ0) is 22.5. The van der Waals surface area contributed by atoms with Gasteiger partial charge in [0.2, 0.25) is 6.79 Å². The Kier molecular flexibility index (Phi) is 5.31. The van der Waals surface area contributed by atoms with Gasteiger partial charge in [-0.3, -0.25) is 4.98 Å². The first-order chi connectivity index (χ1) is 15.3. The Balaban J connectivity index is 1.61. The second kappa shape index (κ2) is 8.02. The van der Waals surface area contributed by atoms with E-state index in [0.29, 0.717) is 40.6 Å². The second-order valence-corrected chi connectivity index (χ2v) is 10.4. The van der Waals surface area contributed by atoms with E-state index in [1.807, 2.05) is 25.1 Å². The van der Waals surface area contributed by atoms with Crippen molar-refractivity contribution >= 4 is 44.2 Å². The van der Waals surface area contributed by atoms with Gasteiger partial charge in [-0.05, 0) is 61.2 Å². The number of rotatable bonds is 5. The molecule has 4 heterocycles. The molecule has 0 saturated heterocycles. The van der Waals surface area contributed by atoms with Crippen molar-refractivity contribution in [2.45, 2.75) is 25.2 Å². The van der Waals surface area contributed by atoms with Crippen LogP contribution in [0.15, 0.2) is 45.5 Å². The summed E-state index contributed by atoms with van der Waals surface area (Å²) in [7, 11) is -4.07. The molecule has 11 heteroatoms. The number of aryl methyl sites for hydroxylation is 2. The molecular weight excluding hydrogens is 474 g/mol. The quantitative estimate of drug-likeness (QED) is 0.553. The Morgan fingerprint density at radius 2 is 2.00 bits per heavy atom. The van der Waals surface area contributed by atoms with Crippen LogP contribution in [0.25, 0.3) is 4.91 Å². The van der Waals surface area contributed by atoms with Gasteiger partial charge in [0.1, 0.15) is 15.6 Å². The van der Waals surface area contributed by atoms with Gasteiger partial charge in [-0.2, -0.15) is 0 Å². The number of anilines is 1. The van der Waals surface area contributed by atoms with Crippen molar-refractivity contribution in [2.75, 3.05) is 17.3 Å². The molecule has 2 aromatic heterocycles. The number of nitrogens with one attached hydrogen (secondary N) is 1. The average Bonchev–Trinajstić information content (AvgIpc) is 3.34. The van der Waals surface area contributed by atoms with Gasteiger partial charge in [0.25, 0.3) is 15.9 Å². The summed E-state index contributed by atoms with van der Waals surface area (Å²) >= 11 is 7.70. The summed E-state index contributed by atoms with van der Waals surface area (Å²) in [4.78, 5) is 5.30. The zero-order valence-electron chi connectivity index (χ0n) is 17.1. The third kappa shape index (κ3) is 3.72. The largest absolute Gasteiger partial charge is 0.454 e. The molecule has 0 bridgehead atoms. The lowest BCUT2D eigenvalue weighted by atomic mass is 9.99. The van der Waals surface area contributed by atoms with Crippen LogP contribution in [0.4, 0.5) is 5.88 Å². The summed E-state index contributed by atoms with van der Waals surface area (Å²) in [5, 5.41) is 3.85. The maximum absolute atomic E-state index is 13.5. The average molecular weight is 492 g/mol. The molecule has 0 fully saturated rings. The first-order valence-electron chi connectivity index (χ1n) is 9.67. The van der Waals surface area contributed by atoms with E-state index in [9.17, 15) is 8.42 Å². The molecule has 2 aliphatic rings. The van der Waals surface area contributed by atoms with Crippen molar-refractivity contribution in [3.8, 4) is 11.5 Å². The molecule has 166 valence electrons. The van der Waals surface area contributed by atoms with Crippen LogP contribution in [0.1, 0.15) is 22.5 Å². The Morgan fingerprint density at radius 3 is 2.75 bits per heavy atom. The second-order valence-electron chi connectivity index (χ2n) is 7.40. The van der Waals surface area contributed by atoms with E-state index in [2.05, 4.69) is 14.9 Å². The molecule has 0 saturated carbocycles. The fourth-order valence-corrected chi connectivity index (χ4v) is 6.42. The highest BCUT2D eigenvalue weighted by Gasteiger charge is 2.33. The van der Waals surface area contributed by atoms with E-state index in [4.69, 9.17) is 25.6 Å². The smallest absolute Gasteiger partial charge is 0.266 e. The molecule has 0 radical (unpaired) electrons. The minimum absolute atomic E-state index is 0.119. The molecule has 0 aliphatic carbocycles. The van der Waals surface area contributed by atoms with Crippen molar-refractivity contribution in [3.63, 3.8) is 0 Å². The third-order valence-corrected chi connectivity index (χ3v) is 8.28. The van der Waals surface area contributed by atoms with Gasteiger partial charge in [-0.15, -0.1) is 11.8 Å². The predicted molar refractivity (Wildman–Crippen MR) is 122 cm³/mol. The lowest BCUT2D eigenvalue weighted by molar-refractivity contribution is 0.174. The Labute approximate surface area is 194 Å². The SMILES string of the molecule is Cc1cc2c(cc1CC1=C(S(=O)(=O)Nc3onc(C)c3Cl)c3ncccc3SC1)OCO2. The Morgan fingerprint density at radius 1 is 1.22 bits per heavy atom. The summed E-state index contributed by atoms with van der Waals surface area (Å²) in [6, 6.07) is 7.45. The van der Waals surface area contributed by atoms with Gasteiger partial charge in [0.15, 0.2) is 11.5 Å². The van der Waals surface area contributed by atoms with E-state index >= 15 is 0 Å². The van der Waals surface area contributed by atoms with Gasteiger partial charge in [0.05, 0.1) is 5.69 Å². The van der Waals surface area contributed by atoms with Gasteiger partial charge >= 0.3 is 0 Å². The molecule has 3 aromatic rings. The number of nitrogens with zero attached hydrogens (tertiary/aromatic N) is 2. The number of thioether (sulfide) groups is 1. The van der Waals surface area contributed by atoms with Crippen molar-refractivity contribution in [1.82, 2.24) is 10.1 Å². The number of fused-ring (bicyclic) bond motifs is 2. The van der Waals surface area contributed by atoms with Crippen molar-refractivity contribution in [3.05, 3.63) is 63.6 Å². The van der Waals surface area contributed by atoms with Gasteiger partial charge in [-0.25, -0.2) is 13.1 Å². The number of benzene rings is 1. The molecule has 8 nitrogen and oxygen atoms in total. The first kappa shape index (κ1) is 21.2. The molecule has 1 aromatic carbocycles. The maximum atomic E-state index is 13.5. The monoisotopic (exact) mass is 491 g/mol. The van der Waals surface area contributed by atoms with E-state index in [1.165, 1.54) is 0 Å². The van der Waals surface area contributed by atoms with Crippen LogP contribution in [-0.4, -0.2) is 31.1 Å². The van der Waals surface area contributed by atoms with Crippen molar-refractivity contribution in [1.29, 1.82) is 0 Å². The highest BCUT2D eigenvalue weighted by molar-refractivity contribution is 8.03. The topological polar surface area (TPSA) is 104 Å². The fourth-order valence-electron chi connectivity index (χ4n) is 3.63. The molecule has 0 unspecified atom stereocenters. The summed E-state index contributed by atoms with van der Waals surface area (Å²) in [5.41, 5.74) is 3.44. The summed E-state index contributed by atoms with van der Waals surface area (Å²) in [6.07, 6.45) is 1.99. The molecule has 0 spiro atoms. The molecule has 2 aliphatic heterocycles. The standard InChI is InChI=1S/C21H18ClN3O5S2/c1-11-6-15-16(29-10-28-15)8-13(11)7-14-9-31-17-4-3-5-23-19(17)20(14)32(26,27)25-21-18(22)12(2)24-30-21/h3-6,8,25H,7,9-10H2,1-2H3. The highest BCUT2D eigenvalue weighted by atomic mass is 35.5. The minimum atomic E-state index is -4.07. The van der Waals surface area contributed by atoms with E-state index < -0.39 is 10.0 Å². The zero-order valence-corrected chi connectivity index (χ0v) is 19.5. The Bertz CT molecular complexity index is 1370. The molecule has 32 heavy (non-hydrogen) atoms. The number of ether oxygens (including phenoxy) is 2. The lowest BCUT2D eigenvalue weighted by Gasteiger charge is -2.22. The summed E-state index contributed by atoms with van der Waals surface area (Å²) in [5.74, 6) is 1.71. The molecule has 0 amide bonds. The summed E-state index contributed by atoms with van der Waals surface area (Å²) in [6.45, 7) is 3.77. The Hall–Kier alpha value is -2.69. The van der Waals surface area contributed by atoms with E-state index in [1.54, 1.807) is 30.9 Å². The van der Waals surface area contributed by atoms with Crippen LogP contribution < -0.4 is 14.2 Å². The summed E-state index contributed by atoms with van der Waals surface area (Å²) < 4.78 is 45.6. The number of halogens is 1. The molecular formula is C21H18ClN3O5S2.